The van der Waals surface area contributed by atoms with Crippen LogP contribution in [-0.2, 0) is 6.54 Å². The van der Waals surface area contributed by atoms with Gasteiger partial charge >= 0.3 is 0 Å². The number of nitrogens with zero attached hydrogens (tertiary/aromatic N) is 4. The molecule has 25 heavy (non-hydrogen) atoms. The standard InChI is InChI=1S/C16H13N7O2/c24-15(12-5-17-14-13(12)16(25)19-7-18-14)22-11-3-1-2-10(4-11)6-23-8-20-21-9-23/h1-5,7-9H,6H2,(H,22,24)(H2,17,18,19,25). The fraction of sp³-hybridized carbons (Fsp3) is 0.0625. The van der Waals surface area contributed by atoms with Gasteiger partial charge in [0, 0.05) is 11.9 Å². The Labute approximate surface area is 140 Å². The molecule has 0 aliphatic heterocycles. The summed E-state index contributed by atoms with van der Waals surface area (Å²) in [4.78, 5) is 33.8. The van der Waals surface area contributed by atoms with Crippen LogP contribution >= 0.6 is 0 Å². The summed E-state index contributed by atoms with van der Waals surface area (Å²) in [6.45, 7) is 0.591. The zero-order chi connectivity index (χ0) is 17.2. The van der Waals surface area contributed by atoms with E-state index in [2.05, 4.69) is 30.5 Å². The minimum Gasteiger partial charge on any atom is -0.345 e. The van der Waals surface area contributed by atoms with Crippen molar-refractivity contribution in [3.8, 4) is 0 Å². The van der Waals surface area contributed by atoms with Crippen molar-refractivity contribution in [1.82, 2.24) is 29.7 Å². The summed E-state index contributed by atoms with van der Waals surface area (Å²) < 4.78 is 1.83. The number of rotatable bonds is 4. The van der Waals surface area contributed by atoms with Crippen molar-refractivity contribution in [2.45, 2.75) is 6.54 Å². The average Bonchev–Trinajstić information content (AvgIpc) is 3.25. The summed E-state index contributed by atoms with van der Waals surface area (Å²) in [5.41, 5.74) is 1.86. The number of hydrogen-bond acceptors (Lipinski definition) is 5. The molecule has 0 aliphatic carbocycles. The number of amides is 1. The van der Waals surface area contributed by atoms with Gasteiger partial charge < -0.3 is 19.9 Å². The Hall–Kier alpha value is -3.75. The van der Waals surface area contributed by atoms with Gasteiger partial charge in [0.15, 0.2) is 0 Å². The molecule has 0 saturated heterocycles. The Morgan fingerprint density at radius 1 is 1.20 bits per heavy atom. The quantitative estimate of drug-likeness (QED) is 0.516. The Morgan fingerprint density at radius 3 is 2.88 bits per heavy atom. The highest BCUT2D eigenvalue weighted by atomic mass is 16.2. The van der Waals surface area contributed by atoms with Crippen LogP contribution in [0.15, 0.2) is 54.2 Å². The van der Waals surface area contributed by atoms with Gasteiger partial charge in [-0.25, -0.2) is 4.98 Å². The highest BCUT2D eigenvalue weighted by Crippen LogP contribution is 2.16. The molecule has 0 fully saturated rings. The van der Waals surface area contributed by atoms with Crippen LogP contribution in [0.2, 0.25) is 0 Å². The summed E-state index contributed by atoms with van der Waals surface area (Å²) in [6.07, 6.45) is 6.01. The Bertz CT molecular complexity index is 1100. The first-order valence-corrected chi connectivity index (χ1v) is 7.48. The van der Waals surface area contributed by atoms with E-state index in [9.17, 15) is 9.59 Å². The molecule has 0 atom stereocenters. The van der Waals surface area contributed by atoms with Crippen LogP contribution in [0.25, 0.3) is 11.0 Å². The Balaban J connectivity index is 1.59. The van der Waals surface area contributed by atoms with Crippen LogP contribution in [-0.4, -0.2) is 35.6 Å². The maximum absolute atomic E-state index is 12.5. The van der Waals surface area contributed by atoms with E-state index < -0.39 is 0 Å². The minimum absolute atomic E-state index is 0.237. The molecule has 0 saturated carbocycles. The van der Waals surface area contributed by atoms with Crippen molar-refractivity contribution in [3.63, 3.8) is 0 Å². The monoisotopic (exact) mass is 335 g/mol. The smallest absolute Gasteiger partial charge is 0.261 e. The minimum atomic E-state index is -0.383. The fourth-order valence-electron chi connectivity index (χ4n) is 2.61. The highest BCUT2D eigenvalue weighted by Gasteiger charge is 2.15. The normalized spacial score (nSPS) is 10.9. The third-order valence-corrected chi connectivity index (χ3v) is 3.74. The second-order valence-electron chi connectivity index (χ2n) is 5.45. The maximum atomic E-state index is 12.5. The second kappa shape index (κ2) is 6.04. The van der Waals surface area contributed by atoms with Gasteiger partial charge in [0.05, 0.1) is 23.8 Å². The fourth-order valence-corrected chi connectivity index (χ4v) is 2.61. The SMILES string of the molecule is O=C(Nc1cccc(Cn2cnnc2)c1)c1c[nH]c2nc[nH]c(=O)c12. The predicted molar refractivity (Wildman–Crippen MR) is 90.2 cm³/mol. The van der Waals surface area contributed by atoms with Crippen LogP contribution in [0.5, 0.6) is 0 Å². The third kappa shape index (κ3) is 2.90. The zero-order valence-electron chi connectivity index (χ0n) is 12.9. The van der Waals surface area contributed by atoms with Crippen molar-refractivity contribution in [3.05, 3.63) is 70.9 Å². The van der Waals surface area contributed by atoms with E-state index >= 15 is 0 Å². The van der Waals surface area contributed by atoms with E-state index in [1.54, 1.807) is 18.7 Å². The van der Waals surface area contributed by atoms with E-state index in [4.69, 9.17) is 0 Å². The van der Waals surface area contributed by atoms with Crippen LogP contribution in [0.1, 0.15) is 15.9 Å². The topological polar surface area (TPSA) is 121 Å². The molecule has 0 radical (unpaired) electrons. The molecule has 4 rings (SSSR count). The lowest BCUT2D eigenvalue weighted by atomic mass is 10.2. The maximum Gasteiger partial charge on any atom is 0.261 e. The van der Waals surface area contributed by atoms with Crippen molar-refractivity contribution in [2.24, 2.45) is 0 Å². The number of carbonyl (C=O) groups is 1. The zero-order valence-corrected chi connectivity index (χ0v) is 12.9. The first-order chi connectivity index (χ1) is 12.2. The van der Waals surface area contributed by atoms with Crippen molar-refractivity contribution >= 4 is 22.6 Å². The molecule has 9 heteroatoms. The molecule has 0 bridgehead atoms. The number of carbonyl (C=O) groups excluding carboxylic acids is 1. The molecule has 3 N–H and O–H groups in total. The third-order valence-electron chi connectivity index (χ3n) is 3.74. The number of fused-ring (bicyclic) bond motifs is 1. The van der Waals surface area contributed by atoms with Crippen molar-refractivity contribution in [1.29, 1.82) is 0 Å². The lowest BCUT2D eigenvalue weighted by molar-refractivity contribution is 0.102. The van der Waals surface area contributed by atoms with Gasteiger partial charge in [-0.3, -0.25) is 9.59 Å². The summed E-state index contributed by atoms with van der Waals surface area (Å²) in [5.74, 6) is -0.383. The largest absolute Gasteiger partial charge is 0.345 e. The number of nitrogens with one attached hydrogen (secondary N) is 3. The summed E-state index contributed by atoms with van der Waals surface area (Å²) >= 11 is 0. The average molecular weight is 335 g/mol. The van der Waals surface area contributed by atoms with E-state index in [-0.39, 0.29) is 22.4 Å². The number of anilines is 1. The van der Waals surface area contributed by atoms with E-state index in [1.165, 1.54) is 12.5 Å². The molecular weight excluding hydrogens is 322 g/mol. The molecule has 0 unspecified atom stereocenters. The van der Waals surface area contributed by atoms with Gasteiger partial charge in [-0.05, 0) is 17.7 Å². The summed E-state index contributed by atoms with van der Waals surface area (Å²) in [7, 11) is 0. The highest BCUT2D eigenvalue weighted by molar-refractivity contribution is 6.12. The van der Waals surface area contributed by atoms with Gasteiger partial charge in [-0.15, -0.1) is 10.2 Å². The van der Waals surface area contributed by atoms with E-state index in [0.29, 0.717) is 17.9 Å². The van der Waals surface area contributed by atoms with Crippen LogP contribution < -0.4 is 10.9 Å². The van der Waals surface area contributed by atoms with Gasteiger partial charge in [0.2, 0.25) is 0 Å². The lowest BCUT2D eigenvalue weighted by Crippen LogP contribution is -2.15. The van der Waals surface area contributed by atoms with Gasteiger partial charge in [-0.1, -0.05) is 12.1 Å². The molecule has 1 aromatic carbocycles. The van der Waals surface area contributed by atoms with Crippen LogP contribution in [0.4, 0.5) is 5.69 Å². The first kappa shape index (κ1) is 14.8. The van der Waals surface area contributed by atoms with Gasteiger partial charge in [0.1, 0.15) is 18.3 Å². The molecule has 3 heterocycles. The van der Waals surface area contributed by atoms with Gasteiger partial charge in [-0.2, -0.15) is 0 Å². The first-order valence-electron chi connectivity index (χ1n) is 7.48. The van der Waals surface area contributed by atoms with Crippen LogP contribution in [0, 0.1) is 0 Å². The van der Waals surface area contributed by atoms with E-state index in [0.717, 1.165) is 5.56 Å². The molecule has 4 aromatic rings. The number of H-pyrrole nitrogens is 2. The summed E-state index contributed by atoms with van der Waals surface area (Å²) in [6, 6.07) is 7.43. The van der Waals surface area contributed by atoms with Crippen LogP contribution in [0.3, 0.4) is 0 Å². The Kier molecular flexibility index (Phi) is 3.58. The lowest BCUT2D eigenvalue weighted by Gasteiger charge is -2.07. The predicted octanol–water partition coefficient (Wildman–Crippen LogP) is 1.14. The molecule has 9 nitrogen and oxygen atoms in total. The van der Waals surface area contributed by atoms with Crippen molar-refractivity contribution < 1.29 is 4.79 Å². The van der Waals surface area contributed by atoms with Gasteiger partial charge in [0.25, 0.3) is 11.5 Å². The number of hydrogen-bond donors (Lipinski definition) is 3. The molecule has 0 aliphatic rings. The summed E-state index contributed by atoms with van der Waals surface area (Å²) in [5, 5.41) is 10.6. The van der Waals surface area contributed by atoms with E-state index in [1.807, 2.05) is 22.8 Å². The molecular formula is C16H13N7O2. The molecule has 124 valence electrons. The second-order valence-corrected chi connectivity index (χ2v) is 5.45. The molecule has 3 aromatic heterocycles. The number of aromatic amines is 2. The number of aromatic nitrogens is 6. The Morgan fingerprint density at radius 2 is 2.04 bits per heavy atom. The number of benzene rings is 1. The molecule has 0 spiro atoms. The van der Waals surface area contributed by atoms with Crippen molar-refractivity contribution in [2.75, 3.05) is 5.32 Å². The molecule has 1 amide bonds.